The molecule has 102 valence electrons. The minimum Gasteiger partial charge on any atom is -0.489 e. The first-order valence-corrected chi connectivity index (χ1v) is 6.31. The largest absolute Gasteiger partial charge is 0.489 e. The van der Waals surface area contributed by atoms with Crippen LogP contribution in [0.3, 0.4) is 0 Å². The van der Waals surface area contributed by atoms with Crippen LogP contribution < -0.4 is 4.74 Å². The molecule has 0 saturated heterocycles. The van der Waals surface area contributed by atoms with Gasteiger partial charge in [-0.05, 0) is 17.7 Å². The Morgan fingerprint density at radius 1 is 1.10 bits per heavy atom. The molecule has 1 N–H and O–H groups in total. The Labute approximate surface area is 115 Å². The number of hydrogen-bond donors (Lipinski definition) is 1. The van der Waals surface area contributed by atoms with E-state index in [-0.39, 0.29) is 5.56 Å². The summed E-state index contributed by atoms with van der Waals surface area (Å²) in [4.78, 5) is 12.3. The lowest BCUT2D eigenvalue weighted by atomic mass is 9.84. The Morgan fingerprint density at radius 2 is 1.75 bits per heavy atom. The van der Waals surface area contributed by atoms with E-state index in [2.05, 4.69) is 0 Å². The third-order valence-corrected chi connectivity index (χ3v) is 3.50. The molecule has 3 rings (SSSR count). The maximum Gasteiger partial charge on any atom is 0.236 e. The highest BCUT2D eigenvalue weighted by Gasteiger charge is 2.51. The van der Waals surface area contributed by atoms with Gasteiger partial charge in [0.15, 0.2) is 0 Å². The van der Waals surface area contributed by atoms with Crippen molar-refractivity contribution in [2.75, 3.05) is 6.61 Å². The Bertz CT molecular complexity index is 641. The molecule has 0 fully saturated rings. The molecular weight excluding hydrogens is 259 g/mol. The molecule has 0 aliphatic carbocycles. The van der Waals surface area contributed by atoms with E-state index in [1.807, 2.05) is 0 Å². The summed E-state index contributed by atoms with van der Waals surface area (Å²) in [5, 5.41) is 10.2. The highest BCUT2D eigenvalue weighted by Crippen LogP contribution is 2.39. The second-order valence-corrected chi connectivity index (χ2v) is 4.79. The highest BCUT2D eigenvalue weighted by molar-refractivity contribution is 6.06. The van der Waals surface area contributed by atoms with E-state index in [9.17, 15) is 14.3 Å². The van der Waals surface area contributed by atoms with Gasteiger partial charge in [0.05, 0.1) is 5.56 Å². The zero-order valence-electron chi connectivity index (χ0n) is 10.6. The van der Waals surface area contributed by atoms with Gasteiger partial charge in [-0.1, -0.05) is 42.5 Å². The van der Waals surface area contributed by atoms with Crippen molar-refractivity contribution in [1.82, 2.24) is 0 Å². The number of hydrogen-bond acceptors (Lipinski definition) is 3. The number of fused-ring (bicyclic) bond motifs is 1. The van der Waals surface area contributed by atoms with Gasteiger partial charge >= 0.3 is 0 Å². The Balaban J connectivity index is 2.00. The number of carbonyl (C=O) groups excluding carboxylic acids is 1. The number of Topliss-reactive ketones (excluding diaryl/α,β-unsaturated/α-hetero) is 1. The summed E-state index contributed by atoms with van der Waals surface area (Å²) < 4.78 is 20.3. The van der Waals surface area contributed by atoms with Crippen molar-refractivity contribution < 1.29 is 19.0 Å². The van der Waals surface area contributed by atoms with Gasteiger partial charge in [0.1, 0.15) is 18.5 Å². The van der Waals surface area contributed by atoms with Crippen molar-refractivity contribution in [2.45, 2.75) is 11.8 Å². The molecule has 0 radical (unpaired) electrons. The van der Waals surface area contributed by atoms with Gasteiger partial charge in [0.25, 0.3) is 0 Å². The van der Waals surface area contributed by atoms with E-state index in [0.717, 1.165) is 0 Å². The lowest BCUT2D eigenvalue weighted by Crippen LogP contribution is -2.48. The molecule has 0 amide bonds. The molecule has 1 aliphatic heterocycles. The molecule has 0 bridgehead atoms. The van der Waals surface area contributed by atoms with Crippen LogP contribution in [0.5, 0.6) is 5.75 Å². The molecule has 0 saturated carbocycles. The predicted molar refractivity (Wildman–Crippen MR) is 71.5 cm³/mol. The van der Waals surface area contributed by atoms with Crippen molar-refractivity contribution in [3.63, 3.8) is 0 Å². The number of carbonyl (C=O) groups is 1. The standard InChI is InChI=1S/C16H13FO3/c17-16(14(18)11-6-2-1-3-7-11)10-20-13-9-5-4-8-12(13)15(16)19/h1-9,14,18H,10H2/t14-,16+/m0/s1. The number of aliphatic hydroxyl groups is 1. The lowest BCUT2D eigenvalue weighted by molar-refractivity contribution is -0.0291. The van der Waals surface area contributed by atoms with E-state index in [4.69, 9.17) is 4.74 Å². The van der Waals surface area contributed by atoms with Crippen molar-refractivity contribution in [3.8, 4) is 5.75 Å². The number of halogens is 1. The third kappa shape index (κ3) is 1.89. The summed E-state index contributed by atoms with van der Waals surface area (Å²) in [6, 6.07) is 14.8. The number of para-hydroxylation sites is 1. The fourth-order valence-corrected chi connectivity index (χ4v) is 2.35. The number of rotatable bonds is 2. The molecule has 3 nitrogen and oxygen atoms in total. The second-order valence-electron chi connectivity index (χ2n) is 4.79. The van der Waals surface area contributed by atoms with E-state index in [0.29, 0.717) is 11.3 Å². The Morgan fingerprint density at radius 3 is 2.50 bits per heavy atom. The second kappa shape index (κ2) is 4.72. The Hall–Kier alpha value is -2.20. The molecule has 2 aromatic carbocycles. The molecule has 2 aromatic rings. The first kappa shape index (κ1) is 12.8. The van der Waals surface area contributed by atoms with Crippen LogP contribution in [0.2, 0.25) is 0 Å². The topological polar surface area (TPSA) is 46.5 Å². The Kier molecular flexibility index (Phi) is 3.03. The first-order chi connectivity index (χ1) is 9.63. The van der Waals surface area contributed by atoms with Crippen LogP contribution in [-0.4, -0.2) is 23.2 Å². The molecule has 4 heteroatoms. The smallest absolute Gasteiger partial charge is 0.236 e. The van der Waals surface area contributed by atoms with Crippen LogP contribution >= 0.6 is 0 Å². The maximum atomic E-state index is 15.0. The predicted octanol–water partition coefficient (Wildman–Crippen LogP) is 2.70. The van der Waals surface area contributed by atoms with E-state index in [1.54, 1.807) is 48.5 Å². The third-order valence-electron chi connectivity index (χ3n) is 3.50. The average molecular weight is 272 g/mol. The van der Waals surface area contributed by atoms with Crippen LogP contribution in [0.1, 0.15) is 22.0 Å². The van der Waals surface area contributed by atoms with E-state index < -0.39 is 24.2 Å². The molecule has 1 heterocycles. The van der Waals surface area contributed by atoms with Gasteiger partial charge in [-0.3, -0.25) is 4.79 Å². The molecule has 0 spiro atoms. The highest BCUT2D eigenvalue weighted by atomic mass is 19.1. The normalized spacial score (nSPS) is 22.8. The van der Waals surface area contributed by atoms with Crippen molar-refractivity contribution in [1.29, 1.82) is 0 Å². The molecule has 0 unspecified atom stereocenters. The van der Waals surface area contributed by atoms with Crippen LogP contribution in [0, 0.1) is 0 Å². The summed E-state index contributed by atoms with van der Waals surface area (Å²) >= 11 is 0. The number of alkyl halides is 1. The maximum absolute atomic E-state index is 15.0. The fourth-order valence-electron chi connectivity index (χ4n) is 2.35. The lowest BCUT2D eigenvalue weighted by Gasteiger charge is -2.33. The minimum atomic E-state index is -2.46. The number of ether oxygens (including phenoxy) is 1. The van der Waals surface area contributed by atoms with Crippen molar-refractivity contribution >= 4 is 5.78 Å². The summed E-state index contributed by atoms with van der Waals surface area (Å²) in [6.45, 7) is -0.487. The van der Waals surface area contributed by atoms with E-state index in [1.165, 1.54) is 6.07 Å². The first-order valence-electron chi connectivity index (χ1n) is 6.31. The van der Waals surface area contributed by atoms with Gasteiger partial charge in [-0.25, -0.2) is 4.39 Å². The molecule has 20 heavy (non-hydrogen) atoms. The molecule has 1 aliphatic rings. The number of aliphatic hydroxyl groups excluding tert-OH is 1. The molecular formula is C16H13FO3. The fraction of sp³-hybridized carbons (Fsp3) is 0.188. The van der Waals surface area contributed by atoms with Gasteiger partial charge in [-0.2, -0.15) is 0 Å². The summed E-state index contributed by atoms with van der Waals surface area (Å²) in [7, 11) is 0. The molecule has 2 atom stereocenters. The van der Waals surface area contributed by atoms with Gasteiger partial charge in [0.2, 0.25) is 11.5 Å². The van der Waals surface area contributed by atoms with Crippen LogP contribution in [0.15, 0.2) is 54.6 Å². The van der Waals surface area contributed by atoms with Gasteiger partial charge in [0, 0.05) is 0 Å². The monoisotopic (exact) mass is 272 g/mol. The zero-order valence-corrected chi connectivity index (χ0v) is 10.6. The van der Waals surface area contributed by atoms with Crippen molar-refractivity contribution in [2.24, 2.45) is 0 Å². The van der Waals surface area contributed by atoms with Crippen LogP contribution in [0.25, 0.3) is 0 Å². The van der Waals surface area contributed by atoms with E-state index >= 15 is 0 Å². The van der Waals surface area contributed by atoms with Gasteiger partial charge < -0.3 is 9.84 Å². The molecule has 0 aromatic heterocycles. The van der Waals surface area contributed by atoms with Gasteiger partial charge in [-0.15, -0.1) is 0 Å². The SMILES string of the molecule is O=C1c2ccccc2OC[C@@]1(F)[C@@H](O)c1ccccc1. The average Bonchev–Trinajstić information content (AvgIpc) is 2.51. The van der Waals surface area contributed by atoms with Crippen LogP contribution in [-0.2, 0) is 0 Å². The quantitative estimate of drug-likeness (QED) is 0.914. The van der Waals surface area contributed by atoms with Crippen molar-refractivity contribution in [3.05, 3.63) is 65.7 Å². The summed E-state index contributed by atoms with van der Waals surface area (Å²) in [6.07, 6.45) is -1.55. The van der Waals surface area contributed by atoms with Crippen LogP contribution in [0.4, 0.5) is 4.39 Å². The number of ketones is 1. The summed E-state index contributed by atoms with van der Waals surface area (Å²) in [5.74, 6) is -0.387. The minimum absolute atomic E-state index is 0.163. The summed E-state index contributed by atoms with van der Waals surface area (Å²) in [5.41, 5.74) is -1.95. The zero-order chi connectivity index (χ0) is 14.2. The number of benzene rings is 2.